The number of rotatable bonds is 10. The van der Waals surface area contributed by atoms with Crippen molar-refractivity contribution in [2.75, 3.05) is 19.0 Å². The van der Waals surface area contributed by atoms with Crippen molar-refractivity contribution in [2.24, 2.45) is 0 Å². The highest BCUT2D eigenvalue weighted by molar-refractivity contribution is 5.83. The Morgan fingerprint density at radius 1 is 1.33 bits per heavy atom. The van der Waals surface area contributed by atoms with Gasteiger partial charge in [0.2, 0.25) is 0 Å². The van der Waals surface area contributed by atoms with Crippen LogP contribution in [-0.2, 0) is 14.3 Å². The zero-order chi connectivity index (χ0) is 20.2. The van der Waals surface area contributed by atoms with Crippen LogP contribution in [0, 0.1) is 11.3 Å². The molecule has 27 heavy (non-hydrogen) atoms. The second-order valence-corrected chi connectivity index (χ2v) is 5.95. The van der Waals surface area contributed by atoms with Crippen LogP contribution < -0.4 is 5.32 Å². The molecule has 1 aromatic rings. The molecule has 0 bridgehead atoms. The van der Waals surface area contributed by atoms with E-state index in [1.165, 1.54) is 7.11 Å². The number of allylic oxidation sites excluding steroid dienone is 3. The van der Waals surface area contributed by atoms with Gasteiger partial charge in [0.1, 0.15) is 11.8 Å². The fourth-order valence-corrected chi connectivity index (χ4v) is 2.55. The third-order valence-electron chi connectivity index (χ3n) is 3.96. The van der Waals surface area contributed by atoms with E-state index in [1.807, 2.05) is 19.9 Å². The Balaban J connectivity index is 3.22. The predicted molar refractivity (Wildman–Crippen MR) is 108 cm³/mol. The molecule has 0 saturated heterocycles. The monoisotopic (exact) mass is 368 g/mol. The minimum absolute atomic E-state index is 0.403. The smallest absolute Gasteiger partial charge is 0.332 e. The summed E-state index contributed by atoms with van der Waals surface area (Å²) in [4.78, 5) is 12.3. The van der Waals surface area contributed by atoms with Crippen molar-refractivity contribution in [3.05, 3.63) is 65.5 Å². The summed E-state index contributed by atoms with van der Waals surface area (Å²) in [6.07, 6.45) is 5.46. The molecule has 0 aromatic heterocycles. The maximum absolute atomic E-state index is 12.3. The Morgan fingerprint density at radius 3 is 2.48 bits per heavy atom. The van der Waals surface area contributed by atoms with Gasteiger partial charge in [-0.15, -0.1) is 0 Å². The van der Waals surface area contributed by atoms with Crippen LogP contribution in [0.15, 0.2) is 59.9 Å². The van der Waals surface area contributed by atoms with E-state index in [9.17, 15) is 4.79 Å². The van der Waals surface area contributed by atoms with Crippen molar-refractivity contribution in [2.45, 2.75) is 39.7 Å². The third-order valence-corrected chi connectivity index (χ3v) is 3.96. The molecule has 0 radical (unpaired) electrons. The molecular formula is C22H28N2O3. The number of nitrogens with zero attached hydrogens (tertiary/aromatic N) is 1. The minimum Gasteiger partial charge on any atom is -0.494 e. The third kappa shape index (κ3) is 6.67. The number of anilines is 1. The van der Waals surface area contributed by atoms with Gasteiger partial charge in [-0.2, -0.15) is 5.26 Å². The number of ether oxygens (including phenoxy) is 2. The van der Waals surface area contributed by atoms with E-state index in [1.54, 1.807) is 30.3 Å². The summed E-state index contributed by atoms with van der Waals surface area (Å²) in [5.41, 5.74) is 3.03. The molecule has 0 amide bonds. The Morgan fingerprint density at radius 2 is 2.00 bits per heavy atom. The van der Waals surface area contributed by atoms with Gasteiger partial charge in [-0.1, -0.05) is 26.0 Å². The molecule has 1 atom stereocenters. The van der Waals surface area contributed by atoms with Crippen molar-refractivity contribution in [1.82, 2.24) is 0 Å². The number of methoxy groups -OCH3 is 1. The molecule has 0 heterocycles. The zero-order valence-electron chi connectivity index (χ0n) is 16.5. The summed E-state index contributed by atoms with van der Waals surface area (Å²) in [7, 11) is 1.36. The number of nitrogens with one attached hydrogen (secondary N) is 1. The van der Waals surface area contributed by atoms with E-state index >= 15 is 0 Å². The van der Waals surface area contributed by atoms with E-state index in [0.29, 0.717) is 17.9 Å². The maximum Gasteiger partial charge on any atom is 0.332 e. The molecule has 1 N–H and O–H groups in total. The van der Waals surface area contributed by atoms with Crippen molar-refractivity contribution in [3.8, 4) is 6.07 Å². The zero-order valence-corrected chi connectivity index (χ0v) is 16.5. The predicted octanol–water partition coefficient (Wildman–Crippen LogP) is 4.73. The van der Waals surface area contributed by atoms with Gasteiger partial charge in [0.25, 0.3) is 0 Å². The van der Waals surface area contributed by atoms with Gasteiger partial charge in [-0.05, 0) is 61.8 Å². The molecule has 0 fully saturated rings. The molecule has 144 valence electrons. The summed E-state index contributed by atoms with van der Waals surface area (Å²) < 4.78 is 10.7. The molecule has 1 unspecified atom stereocenters. The van der Waals surface area contributed by atoms with Gasteiger partial charge < -0.3 is 14.8 Å². The summed E-state index contributed by atoms with van der Waals surface area (Å²) in [6, 6.07) is 8.30. The Bertz CT molecular complexity index is 740. The highest BCUT2D eigenvalue weighted by atomic mass is 16.5. The number of hydrogen-bond donors (Lipinski definition) is 1. The van der Waals surface area contributed by atoms with Gasteiger partial charge in [0.05, 0.1) is 25.3 Å². The fraction of sp³-hybridized carbons (Fsp3) is 0.364. The summed E-state index contributed by atoms with van der Waals surface area (Å²) in [5, 5.41) is 12.1. The Kier molecular flexibility index (Phi) is 9.46. The maximum atomic E-state index is 12.3. The normalized spacial score (nSPS) is 13.1. The van der Waals surface area contributed by atoms with Crippen molar-refractivity contribution in [1.29, 1.82) is 5.26 Å². The molecule has 0 aliphatic carbocycles. The first-order chi connectivity index (χ1) is 13.0. The molecular weight excluding hydrogens is 340 g/mol. The van der Waals surface area contributed by atoms with Crippen LogP contribution in [0.3, 0.4) is 0 Å². The number of carbonyl (C=O) groups excluding carboxylic acids is 1. The highest BCUT2D eigenvalue weighted by Crippen LogP contribution is 2.20. The van der Waals surface area contributed by atoms with E-state index in [-0.39, 0.29) is 0 Å². The number of esters is 1. The topological polar surface area (TPSA) is 71.4 Å². The van der Waals surface area contributed by atoms with Crippen LogP contribution in [0.5, 0.6) is 0 Å². The largest absolute Gasteiger partial charge is 0.494 e. The number of carbonyl (C=O) groups is 1. The Labute approximate surface area is 162 Å². The van der Waals surface area contributed by atoms with E-state index in [0.717, 1.165) is 29.7 Å². The van der Waals surface area contributed by atoms with Gasteiger partial charge in [-0.25, -0.2) is 4.79 Å². The van der Waals surface area contributed by atoms with Crippen LogP contribution in [0.4, 0.5) is 5.69 Å². The van der Waals surface area contributed by atoms with Crippen LogP contribution in [0.2, 0.25) is 0 Å². The molecule has 0 aliphatic rings. The lowest BCUT2D eigenvalue weighted by Gasteiger charge is -2.20. The van der Waals surface area contributed by atoms with E-state index in [4.69, 9.17) is 14.7 Å². The molecule has 0 spiro atoms. The second-order valence-electron chi connectivity index (χ2n) is 5.95. The molecule has 1 rings (SSSR count). The van der Waals surface area contributed by atoms with Gasteiger partial charge >= 0.3 is 5.97 Å². The summed E-state index contributed by atoms with van der Waals surface area (Å²) >= 11 is 0. The van der Waals surface area contributed by atoms with E-state index in [2.05, 4.69) is 24.9 Å². The van der Waals surface area contributed by atoms with Crippen molar-refractivity contribution in [3.63, 3.8) is 0 Å². The van der Waals surface area contributed by atoms with Crippen LogP contribution in [-0.4, -0.2) is 25.7 Å². The van der Waals surface area contributed by atoms with Crippen LogP contribution in [0.1, 0.15) is 39.2 Å². The lowest BCUT2D eigenvalue weighted by molar-refractivity contribution is -0.140. The van der Waals surface area contributed by atoms with Gasteiger partial charge in [-0.3, -0.25) is 0 Å². The minimum atomic E-state index is -0.675. The first kappa shape index (κ1) is 22.0. The lowest BCUT2D eigenvalue weighted by Crippen LogP contribution is -2.32. The lowest BCUT2D eigenvalue weighted by atomic mass is 10.0. The summed E-state index contributed by atoms with van der Waals surface area (Å²) in [5.74, 6) is 0.307. The van der Waals surface area contributed by atoms with E-state index < -0.39 is 12.0 Å². The molecule has 0 aliphatic heterocycles. The average Bonchev–Trinajstić information content (AvgIpc) is 2.69. The van der Waals surface area contributed by atoms with Gasteiger partial charge in [0.15, 0.2) is 0 Å². The van der Waals surface area contributed by atoms with Crippen LogP contribution >= 0.6 is 0 Å². The SMILES string of the molecule is C=C/C(CCC)=C(\C=C(/C)C(Nc1ccc(C#N)cc1)C(=O)OC)OCC. The molecule has 1 aromatic carbocycles. The Hall–Kier alpha value is -3.00. The molecule has 5 nitrogen and oxygen atoms in total. The van der Waals surface area contributed by atoms with Crippen molar-refractivity contribution >= 4 is 11.7 Å². The summed E-state index contributed by atoms with van der Waals surface area (Å²) in [6.45, 7) is 10.3. The first-order valence-electron chi connectivity index (χ1n) is 9.01. The molecule has 0 saturated carbocycles. The standard InChI is InChI=1S/C22H28N2O3/c1-6-9-18(7-2)20(27-8-3)14-16(4)21(22(25)26-5)24-19-12-10-17(15-23)11-13-19/h7,10-14,21,24H,2,6,8-9H2,1,3-5H3/b16-14+,20-18-. The fourth-order valence-electron chi connectivity index (χ4n) is 2.55. The van der Waals surface area contributed by atoms with Crippen LogP contribution in [0.25, 0.3) is 0 Å². The second kappa shape index (κ2) is 11.6. The first-order valence-corrected chi connectivity index (χ1v) is 9.01. The molecule has 5 heteroatoms. The number of benzene rings is 1. The van der Waals surface area contributed by atoms with Gasteiger partial charge in [0, 0.05) is 5.69 Å². The van der Waals surface area contributed by atoms with Crippen molar-refractivity contribution < 1.29 is 14.3 Å². The average molecular weight is 368 g/mol. The number of nitriles is 1. The number of hydrogen-bond acceptors (Lipinski definition) is 5. The highest BCUT2D eigenvalue weighted by Gasteiger charge is 2.22. The quantitative estimate of drug-likeness (QED) is 0.367.